The van der Waals surface area contributed by atoms with Crippen LogP contribution >= 0.6 is 0 Å². The summed E-state index contributed by atoms with van der Waals surface area (Å²) in [6.07, 6.45) is 3.45. The molecule has 0 radical (unpaired) electrons. The number of sulfonamides is 1. The number of ether oxygens (including phenoxy) is 1. The Kier molecular flexibility index (Phi) is 5.87. The average molecular weight is 399 g/mol. The fraction of sp³-hybridized carbons (Fsp3) is 0.647. The van der Waals surface area contributed by atoms with Gasteiger partial charge in [-0.15, -0.1) is 0 Å². The van der Waals surface area contributed by atoms with Crippen LogP contribution in [0.5, 0.6) is 0 Å². The number of amides is 1. The van der Waals surface area contributed by atoms with Crippen LogP contribution in [0, 0.1) is 0 Å². The van der Waals surface area contributed by atoms with Gasteiger partial charge in [-0.2, -0.15) is 4.31 Å². The Balaban J connectivity index is 1.77. The molecule has 0 saturated carbocycles. The lowest BCUT2D eigenvalue weighted by molar-refractivity contribution is -0.141. The summed E-state index contributed by atoms with van der Waals surface area (Å²) in [5.74, 6) is -1.31. The predicted octanol–water partition coefficient (Wildman–Crippen LogP) is 0.515. The summed E-state index contributed by atoms with van der Waals surface area (Å²) in [5, 5.41) is 8.91. The largest absolute Gasteiger partial charge is 0.481 e. The number of carbonyl (C=O) groups excluding carboxylic acids is 1. The van der Waals surface area contributed by atoms with Crippen LogP contribution in [0.3, 0.4) is 0 Å². The maximum absolute atomic E-state index is 12.9. The number of carboxylic acids is 1. The van der Waals surface area contributed by atoms with E-state index >= 15 is 0 Å². The van der Waals surface area contributed by atoms with Gasteiger partial charge in [-0.3, -0.25) is 9.59 Å². The Hall–Kier alpha value is -1.91. The van der Waals surface area contributed by atoms with Gasteiger partial charge in [0.05, 0.1) is 19.1 Å². The summed E-state index contributed by atoms with van der Waals surface area (Å²) < 4.78 is 34.0. The number of aliphatic carboxylic acids is 1. The van der Waals surface area contributed by atoms with Gasteiger partial charge in [0.2, 0.25) is 10.0 Å². The molecule has 1 N–H and O–H groups in total. The van der Waals surface area contributed by atoms with Gasteiger partial charge in [0.25, 0.3) is 5.91 Å². The molecule has 1 amide bonds. The number of carbonyl (C=O) groups is 2. The minimum atomic E-state index is -3.62. The average Bonchev–Trinajstić information content (AvgIpc) is 3.04. The molecule has 0 aliphatic carbocycles. The van der Waals surface area contributed by atoms with E-state index in [9.17, 15) is 18.0 Å². The van der Waals surface area contributed by atoms with E-state index in [1.807, 2.05) is 0 Å². The van der Waals surface area contributed by atoms with Crippen molar-refractivity contribution in [1.29, 1.82) is 0 Å². The molecule has 1 atom stereocenters. The predicted molar refractivity (Wildman–Crippen MR) is 95.9 cm³/mol. The lowest BCUT2D eigenvalue weighted by Gasteiger charge is -2.32. The van der Waals surface area contributed by atoms with Crippen LogP contribution in [0.2, 0.25) is 0 Å². The highest BCUT2D eigenvalue weighted by Gasteiger charge is 2.31. The smallest absolute Gasteiger partial charge is 0.306 e. The van der Waals surface area contributed by atoms with E-state index in [4.69, 9.17) is 9.84 Å². The molecule has 27 heavy (non-hydrogen) atoms. The molecule has 2 fully saturated rings. The first-order valence-corrected chi connectivity index (χ1v) is 10.5. The molecule has 0 aromatic carbocycles. The van der Waals surface area contributed by atoms with Crippen LogP contribution in [0.1, 0.15) is 36.2 Å². The van der Waals surface area contributed by atoms with Crippen LogP contribution in [0.25, 0.3) is 0 Å². The van der Waals surface area contributed by atoms with Gasteiger partial charge < -0.3 is 19.3 Å². The van der Waals surface area contributed by atoms with Gasteiger partial charge in [-0.05, 0) is 18.9 Å². The normalized spacial score (nSPS) is 22.0. The third-order valence-electron chi connectivity index (χ3n) is 4.98. The van der Waals surface area contributed by atoms with Crippen molar-refractivity contribution >= 4 is 21.9 Å². The van der Waals surface area contributed by atoms with E-state index in [1.165, 1.54) is 26.0 Å². The molecule has 2 saturated heterocycles. The van der Waals surface area contributed by atoms with E-state index < -0.39 is 22.1 Å². The number of rotatable bonds is 5. The minimum absolute atomic E-state index is 0.116. The molecular formula is C17H25N3O6S. The van der Waals surface area contributed by atoms with Crippen molar-refractivity contribution in [2.75, 3.05) is 32.8 Å². The Morgan fingerprint density at radius 3 is 2.59 bits per heavy atom. The highest BCUT2D eigenvalue weighted by atomic mass is 32.2. The Morgan fingerprint density at radius 2 is 1.93 bits per heavy atom. The van der Waals surface area contributed by atoms with Crippen molar-refractivity contribution in [3.05, 3.63) is 18.0 Å². The maximum atomic E-state index is 12.9. The quantitative estimate of drug-likeness (QED) is 0.773. The number of carboxylic acid groups (broad SMARTS) is 1. The van der Waals surface area contributed by atoms with Crippen LogP contribution in [0.4, 0.5) is 0 Å². The summed E-state index contributed by atoms with van der Waals surface area (Å²) in [7, 11) is -1.98. The lowest BCUT2D eigenvalue weighted by atomic mass is 10.2. The second-order valence-corrected chi connectivity index (χ2v) is 8.92. The molecule has 150 valence electrons. The van der Waals surface area contributed by atoms with E-state index in [2.05, 4.69) is 0 Å². The van der Waals surface area contributed by atoms with Crippen molar-refractivity contribution in [2.24, 2.45) is 7.05 Å². The summed E-state index contributed by atoms with van der Waals surface area (Å²) in [5.41, 5.74) is 0.265. The number of morpholine rings is 1. The second kappa shape index (κ2) is 7.99. The Labute approximate surface area is 158 Å². The number of nitrogens with zero attached hydrogens (tertiary/aromatic N) is 3. The molecule has 9 nitrogen and oxygen atoms in total. The van der Waals surface area contributed by atoms with Gasteiger partial charge in [0.1, 0.15) is 10.6 Å². The molecule has 2 aliphatic rings. The van der Waals surface area contributed by atoms with Crippen molar-refractivity contribution in [3.8, 4) is 0 Å². The number of aromatic nitrogens is 1. The molecule has 1 unspecified atom stereocenters. The van der Waals surface area contributed by atoms with Gasteiger partial charge >= 0.3 is 5.97 Å². The lowest BCUT2D eigenvalue weighted by Crippen LogP contribution is -2.46. The maximum Gasteiger partial charge on any atom is 0.306 e. The molecule has 3 heterocycles. The van der Waals surface area contributed by atoms with Crippen molar-refractivity contribution in [2.45, 2.75) is 36.7 Å². The SMILES string of the molecule is Cn1cc(S(=O)(=O)N2CCCCC2)cc1C(=O)N1CCOC(CC(=O)O)C1. The van der Waals surface area contributed by atoms with Gasteiger partial charge in [-0.25, -0.2) is 8.42 Å². The van der Waals surface area contributed by atoms with Crippen molar-refractivity contribution in [1.82, 2.24) is 13.8 Å². The topological polar surface area (TPSA) is 109 Å². The summed E-state index contributed by atoms with van der Waals surface area (Å²) in [6, 6.07) is 1.41. The third-order valence-corrected chi connectivity index (χ3v) is 6.84. The van der Waals surface area contributed by atoms with Crippen LogP contribution in [-0.2, 0) is 26.6 Å². The number of aryl methyl sites for hydroxylation is 1. The molecular weight excluding hydrogens is 374 g/mol. The molecule has 2 aliphatic heterocycles. The van der Waals surface area contributed by atoms with Crippen LogP contribution in [-0.4, -0.2) is 78.1 Å². The zero-order valence-corrected chi connectivity index (χ0v) is 16.2. The highest BCUT2D eigenvalue weighted by Crippen LogP contribution is 2.23. The zero-order valence-electron chi connectivity index (χ0n) is 15.3. The fourth-order valence-electron chi connectivity index (χ4n) is 3.53. The van der Waals surface area contributed by atoms with E-state index in [-0.39, 0.29) is 36.1 Å². The summed E-state index contributed by atoms with van der Waals surface area (Å²) in [4.78, 5) is 25.4. The molecule has 10 heteroatoms. The van der Waals surface area contributed by atoms with Gasteiger partial charge in [0, 0.05) is 39.4 Å². The molecule has 0 bridgehead atoms. The number of hydrogen-bond donors (Lipinski definition) is 1. The summed E-state index contributed by atoms with van der Waals surface area (Å²) in [6.45, 7) is 1.77. The first-order valence-electron chi connectivity index (χ1n) is 9.08. The van der Waals surface area contributed by atoms with Gasteiger partial charge in [0.15, 0.2) is 0 Å². The molecule has 1 aromatic rings. The number of hydrogen-bond acceptors (Lipinski definition) is 5. The molecule has 0 spiro atoms. The fourth-order valence-corrected chi connectivity index (χ4v) is 5.12. The van der Waals surface area contributed by atoms with Crippen molar-refractivity contribution < 1.29 is 27.9 Å². The van der Waals surface area contributed by atoms with E-state index in [0.29, 0.717) is 19.6 Å². The standard InChI is InChI=1S/C17H25N3O6S/c1-18-12-14(27(24,25)20-5-3-2-4-6-20)10-15(18)17(23)19-7-8-26-13(11-19)9-16(21)22/h10,12-13H,2-9,11H2,1H3,(H,21,22). The third kappa shape index (κ3) is 4.33. The monoisotopic (exact) mass is 399 g/mol. The van der Waals surface area contributed by atoms with Crippen LogP contribution < -0.4 is 0 Å². The van der Waals surface area contributed by atoms with Crippen molar-refractivity contribution in [3.63, 3.8) is 0 Å². The Bertz CT molecular complexity index is 813. The second-order valence-electron chi connectivity index (χ2n) is 6.98. The van der Waals surface area contributed by atoms with Crippen LogP contribution in [0.15, 0.2) is 17.2 Å². The first-order chi connectivity index (χ1) is 12.8. The highest BCUT2D eigenvalue weighted by molar-refractivity contribution is 7.89. The first kappa shape index (κ1) is 19.8. The minimum Gasteiger partial charge on any atom is -0.481 e. The summed E-state index contributed by atoms with van der Waals surface area (Å²) >= 11 is 0. The molecule has 3 rings (SSSR count). The van der Waals surface area contributed by atoms with Gasteiger partial charge in [-0.1, -0.05) is 6.42 Å². The van der Waals surface area contributed by atoms with E-state index in [0.717, 1.165) is 19.3 Å². The number of piperidine rings is 1. The molecule has 1 aromatic heterocycles. The Morgan fingerprint density at radius 1 is 1.22 bits per heavy atom. The van der Waals surface area contributed by atoms with E-state index in [1.54, 1.807) is 7.05 Å². The zero-order chi connectivity index (χ0) is 19.6.